The lowest BCUT2D eigenvalue weighted by atomic mass is 10.1. The van der Waals surface area contributed by atoms with Crippen LogP contribution < -0.4 is 5.32 Å². The van der Waals surface area contributed by atoms with Crippen LogP contribution in [0.4, 0.5) is 0 Å². The second-order valence-corrected chi connectivity index (χ2v) is 7.59. The van der Waals surface area contributed by atoms with E-state index >= 15 is 0 Å². The molecule has 2 heterocycles. The molecule has 1 N–H and O–H groups in total. The number of nitrogens with one attached hydrogen (secondary N) is 1. The van der Waals surface area contributed by atoms with Crippen molar-refractivity contribution in [1.29, 1.82) is 0 Å². The lowest BCUT2D eigenvalue weighted by Gasteiger charge is -2.14. The molecule has 0 aromatic carbocycles. The third kappa shape index (κ3) is 5.81. The summed E-state index contributed by atoms with van der Waals surface area (Å²) in [6, 6.07) is 3.87. The molecule has 26 heavy (non-hydrogen) atoms. The number of aryl methyl sites for hydroxylation is 2. The summed E-state index contributed by atoms with van der Waals surface area (Å²) in [4.78, 5) is 33.9. The molecule has 0 bridgehead atoms. The van der Waals surface area contributed by atoms with Crippen LogP contribution in [0.5, 0.6) is 0 Å². The highest BCUT2D eigenvalue weighted by molar-refractivity contribution is 7.98. The fourth-order valence-electron chi connectivity index (χ4n) is 2.43. The van der Waals surface area contributed by atoms with Crippen LogP contribution in [0.15, 0.2) is 22.7 Å². The molecule has 0 spiro atoms. The first-order chi connectivity index (χ1) is 12.4. The second kappa shape index (κ2) is 9.68. The zero-order valence-electron chi connectivity index (χ0n) is 15.4. The number of carbonyl (C=O) groups is 2. The number of thioether (sulfide) groups is 1. The van der Waals surface area contributed by atoms with Gasteiger partial charge in [0.15, 0.2) is 11.3 Å². The number of nitrogens with zero attached hydrogens (tertiary/aromatic N) is 2. The number of hydrogen-bond donors (Lipinski definition) is 1. The Morgan fingerprint density at radius 3 is 2.58 bits per heavy atom. The van der Waals surface area contributed by atoms with Gasteiger partial charge in [0.2, 0.25) is 0 Å². The van der Waals surface area contributed by atoms with Crippen LogP contribution in [-0.4, -0.2) is 34.2 Å². The number of rotatable bonds is 8. The maximum atomic E-state index is 12.1. The summed E-state index contributed by atoms with van der Waals surface area (Å²) < 4.78 is 5.24. The van der Waals surface area contributed by atoms with Gasteiger partial charge < -0.3 is 10.1 Å². The van der Waals surface area contributed by atoms with Crippen molar-refractivity contribution in [2.45, 2.75) is 51.4 Å². The van der Waals surface area contributed by atoms with E-state index in [1.165, 1.54) is 11.8 Å². The van der Waals surface area contributed by atoms with Gasteiger partial charge in [0.25, 0.3) is 5.91 Å². The Hall–Kier alpha value is -1.93. The summed E-state index contributed by atoms with van der Waals surface area (Å²) in [5, 5.41) is 5.44. The van der Waals surface area contributed by atoms with Crippen molar-refractivity contribution in [1.82, 2.24) is 15.3 Å². The highest BCUT2D eigenvalue weighted by atomic mass is 32.2. The van der Waals surface area contributed by atoms with Crippen LogP contribution in [0, 0.1) is 13.8 Å². The maximum Gasteiger partial charge on any atom is 0.306 e. The molecule has 0 saturated heterocycles. The first kappa shape index (κ1) is 20.4. The smallest absolute Gasteiger partial charge is 0.306 e. The Kier molecular flexibility index (Phi) is 7.59. The molecule has 0 aliphatic heterocycles. The summed E-state index contributed by atoms with van der Waals surface area (Å²) in [6.07, 6.45) is 1.79. The van der Waals surface area contributed by atoms with Gasteiger partial charge in [-0.2, -0.15) is 0 Å². The average Bonchev–Trinajstić information content (AvgIpc) is 3.12. The van der Waals surface area contributed by atoms with Crippen molar-refractivity contribution in [3.05, 3.63) is 39.3 Å². The van der Waals surface area contributed by atoms with Crippen LogP contribution in [0.3, 0.4) is 0 Å². The highest BCUT2D eigenvalue weighted by Crippen LogP contribution is 2.17. The van der Waals surface area contributed by atoms with Gasteiger partial charge in [0.05, 0.1) is 6.54 Å². The van der Waals surface area contributed by atoms with Crippen molar-refractivity contribution < 1.29 is 14.3 Å². The fourth-order valence-corrected chi connectivity index (χ4v) is 3.53. The Morgan fingerprint density at radius 2 is 2.00 bits per heavy atom. The minimum Gasteiger partial charge on any atom is -0.453 e. The van der Waals surface area contributed by atoms with Gasteiger partial charge in [-0.3, -0.25) is 9.59 Å². The van der Waals surface area contributed by atoms with Crippen molar-refractivity contribution in [2.24, 2.45) is 0 Å². The second-order valence-electron chi connectivity index (χ2n) is 5.79. The standard InChI is InChI=1S/C18H23N3O3S2/c1-11-15(12(2)21-18(20-11)25-4)7-8-16(22)24-13(3)17(23)19-10-14-6-5-9-26-14/h5-6,9,13H,7-8,10H2,1-4H3,(H,19,23)/t13-/m0/s1. The molecule has 0 aliphatic rings. The molecule has 6 nitrogen and oxygen atoms in total. The van der Waals surface area contributed by atoms with E-state index in [4.69, 9.17) is 4.74 Å². The van der Waals surface area contributed by atoms with Gasteiger partial charge >= 0.3 is 5.97 Å². The number of amides is 1. The molecule has 140 valence electrons. The van der Waals surface area contributed by atoms with E-state index in [0.717, 1.165) is 27.0 Å². The first-order valence-corrected chi connectivity index (χ1v) is 10.4. The van der Waals surface area contributed by atoms with Gasteiger partial charge in [-0.1, -0.05) is 17.8 Å². The van der Waals surface area contributed by atoms with Crippen LogP contribution in [0.1, 0.15) is 35.2 Å². The zero-order valence-corrected chi connectivity index (χ0v) is 17.0. The van der Waals surface area contributed by atoms with E-state index in [1.807, 2.05) is 37.6 Å². The molecule has 2 aromatic rings. The molecule has 2 rings (SSSR count). The number of ether oxygens (including phenoxy) is 1. The highest BCUT2D eigenvalue weighted by Gasteiger charge is 2.18. The quantitative estimate of drug-likeness (QED) is 0.422. The fraction of sp³-hybridized carbons (Fsp3) is 0.444. The van der Waals surface area contributed by atoms with E-state index in [0.29, 0.717) is 13.0 Å². The van der Waals surface area contributed by atoms with Crippen LogP contribution >= 0.6 is 23.1 Å². The van der Waals surface area contributed by atoms with Gasteiger partial charge in [-0.05, 0) is 50.5 Å². The largest absolute Gasteiger partial charge is 0.453 e. The third-order valence-corrected chi connectivity index (χ3v) is 5.28. The van der Waals surface area contributed by atoms with Gasteiger partial charge in [0, 0.05) is 22.7 Å². The van der Waals surface area contributed by atoms with Crippen molar-refractivity contribution in [3.8, 4) is 0 Å². The number of hydrogen-bond acceptors (Lipinski definition) is 7. The Labute approximate surface area is 161 Å². The minimum absolute atomic E-state index is 0.187. The molecule has 0 fully saturated rings. The lowest BCUT2D eigenvalue weighted by Crippen LogP contribution is -2.35. The predicted octanol–water partition coefficient (Wildman–Crippen LogP) is 3.06. The van der Waals surface area contributed by atoms with E-state index < -0.39 is 12.1 Å². The molecular formula is C18H23N3O3S2. The monoisotopic (exact) mass is 393 g/mol. The molecule has 0 unspecified atom stereocenters. The lowest BCUT2D eigenvalue weighted by molar-refractivity contribution is -0.154. The summed E-state index contributed by atoms with van der Waals surface area (Å²) >= 11 is 3.05. The Balaban J connectivity index is 1.81. The van der Waals surface area contributed by atoms with Crippen molar-refractivity contribution >= 4 is 35.0 Å². The predicted molar refractivity (Wildman–Crippen MR) is 103 cm³/mol. The van der Waals surface area contributed by atoms with E-state index in [-0.39, 0.29) is 12.3 Å². The molecule has 1 atom stereocenters. The first-order valence-electron chi connectivity index (χ1n) is 8.28. The van der Waals surface area contributed by atoms with Crippen molar-refractivity contribution in [3.63, 3.8) is 0 Å². The molecule has 0 saturated carbocycles. The summed E-state index contributed by atoms with van der Waals surface area (Å²) in [6.45, 7) is 5.84. The van der Waals surface area contributed by atoms with Crippen LogP contribution in [0.2, 0.25) is 0 Å². The summed E-state index contributed by atoms with van der Waals surface area (Å²) in [5.74, 6) is -0.705. The van der Waals surface area contributed by atoms with E-state index in [2.05, 4.69) is 15.3 Å². The molecular weight excluding hydrogens is 370 g/mol. The number of esters is 1. The Bertz CT molecular complexity index is 740. The molecule has 8 heteroatoms. The van der Waals surface area contributed by atoms with Gasteiger partial charge in [-0.25, -0.2) is 9.97 Å². The van der Waals surface area contributed by atoms with Crippen LogP contribution in [0.25, 0.3) is 0 Å². The van der Waals surface area contributed by atoms with E-state index in [1.54, 1.807) is 18.3 Å². The topological polar surface area (TPSA) is 81.2 Å². The molecule has 1 amide bonds. The number of carbonyl (C=O) groups excluding carboxylic acids is 2. The molecule has 2 aromatic heterocycles. The molecule has 0 radical (unpaired) electrons. The Morgan fingerprint density at radius 1 is 1.31 bits per heavy atom. The number of aromatic nitrogens is 2. The molecule has 0 aliphatic carbocycles. The number of thiophene rings is 1. The van der Waals surface area contributed by atoms with E-state index in [9.17, 15) is 9.59 Å². The van der Waals surface area contributed by atoms with Gasteiger partial charge in [0.1, 0.15) is 0 Å². The summed E-state index contributed by atoms with van der Waals surface area (Å²) in [5.41, 5.74) is 2.70. The van der Waals surface area contributed by atoms with Crippen molar-refractivity contribution in [2.75, 3.05) is 6.26 Å². The normalized spacial score (nSPS) is 11.8. The maximum absolute atomic E-state index is 12.1. The SMILES string of the molecule is CSc1nc(C)c(CCC(=O)O[C@@H](C)C(=O)NCc2cccs2)c(C)n1. The minimum atomic E-state index is -0.820. The average molecular weight is 394 g/mol. The third-order valence-electron chi connectivity index (χ3n) is 3.86. The van der Waals surface area contributed by atoms with Gasteiger partial charge in [-0.15, -0.1) is 11.3 Å². The zero-order chi connectivity index (χ0) is 19.1. The van der Waals surface area contributed by atoms with Crippen LogP contribution in [-0.2, 0) is 27.3 Å². The summed E-state index contributed by atoms with van der Waals surface area (Å²) in [7, 11) is 0.